The van der Waals surface area contributed by atoms with Crippen molar-refractivity contribution in [2.45, 2.75) is 46.3 Å². The van der Waals surface area contributed by atoms with E-state index in [4.69, 9.17) is 0 Å². The quantitative estimate of drug-likeness (QED) is 0.855. The van der Waals surface area contributed by atoms with Crippen molar-refractivity contribution in [3.63, 3.8) is 0 Å². The van der Waals surface area contributed by atoms with Gasteiger partial charge in [-0.05, 0) is 24.5 Å². The predicted molar refractivity (Wildman–Crippen MR) is 90.1 cm³/mol. The number of halogens is 1. The summed E-state index contributed by atoms with van der Waals surface area (Å²) in [7, 11) is 0. The molecule has 0 radical (unpaired) electrons. The second-order valence-corrected chi connectivity index (χ2v) is 6.12. The average molecular weight is 321 g/mol. The lowest BCUT2D eigenvalue weighted by Crippen LogP contribution is -2.45. The van der Waals surface area contributed by atoms with Gasteiger partial charge >= 0.3 is 0 Å². The maximum atomic E-state index is 13.2. The number of hydrogen-bond acceptors (Lipinski definition) is 3. The van der Waals surface area contributed by atoms with Crippen molar-refractivity contribution >= 4 is 5.91 Å². The molecule has 1 aromatic rings. The Kier molecular flexibility index (Phi) is 6.51. The standard InChI is InChI=1S/C16H22FN3O.C2H6/c1-2-12-8-19(9-12)11-14-4-3-5-15(18-14)16(21)20-7-6-13(17)10-20;1-2/h3-5,12-13H,2,6-11H2,1H3;1-2H3. The zero-order chi connectivity index (χ0) is 16.8. The van der Waals surface area contributed by atoms with Crippen molar-refractivity contribution in [3.8, 4) is 0 Å². The molecule has 5 heteroatoms. The van der Waals surface area contributed by atoms with Crippen LogP contribution in [0.3, 0.4) is 0 Å². The van der Waals surface area contributed by atoms with Gasteiger partial charge in [0.15, 0.2) is 0 Å². The minimum Gasteiger partial charge on any atom is -0.334 e. The summed E-state index contributed by atoms with van der Waals surface area (Å²) in [6, 6.07) is 5.55. The van der Waals surface area contributed by atoms with Gasteiger partial charge in [-0.15, -0.1) is 0 Å². The molecule has 1 unspecified atom stereocenters. The molecule has 3 rings (SSSR count). The molecule has 2 fully saturated rings. The molecule has 0 bridgehead atoms. The highest BCUT2D eigenvalue weighted by atomic mass is 19.1. The molecular weight excluding hydrogens is 293 g/mol. The Morgan fingerprint density at radius 1 is 1.30 bits per heavy atom. The third-order valence-corrected chi connectivity index (χ3v) is 4.44. The SMILES string of the molecule is CC.CCC1CN(Cc2cccc(C(=O)N3CCC(F)C3)n2)C1. The van der Waals surface area contributed by atoms with E-state index in [0.29, 0.717) is 18.7 Å². The highest BCUT2D eigenvalue weighted by Gasteiger charge is 2.28. The molecule has 128 valence electrons. The molecule has 0 aliphatic carbocycles. The highest BCUT2D eigenvalue weighted by molar-refractivity contribution is 5.92. The third kappa shape index (κ3) is 4.50. The lowest BCUT2D eigenvalue weighted by Gasteiger charge is -2.38. The number of nitrogens with zero attached hydrogens (tertiary/aromatic N) is 3. The molecule has 4 nitrogen and oxygen atoms in total. The molecule has 0 spiro atoms. The number of carbonyl (C=O) groups excluding carboxylic acids is 1. The van der Waals surface area contributed by atoms with Crippen LogP contribution in [0, 0.1) is 5.92 Å². The number of carbonyl (C=O) groups is 1. The van der Waals surface area contributed by atoms with Gasteiger partial charge in [-0.1, -0.05) is 33.3 Å². The Labute approximate surface area is 138 Å². The molecule has 1 aromatic heterocycles. The predicted octanol–water partition coefficient (Wildman–Crippen LogP) is 3.13. The van der Waals surface area contributed by atoms with Gasteiger partial charge in [-0.3, -0.25) is 9.69 Å². The van der Waals surface area contributed by atoms with Crippen LogP contribution in [0.4, 0.5) is 4.39 Å². The maximum Gasteiger partial charge on any atom is 0.272 e. The summed E-state index contributed by atoms with van der Waals surface area (Å²) >= 11 is 0. The van der Waals surface area contributed by atoms with Crippen LogP contribution in [-0.2, 0) is 6.54 Å². The Hall–Kier alpha value is -1.49. The lowest BCUT2D eigenvalue weighted by molar-refractivity contribution is 0.0772. The van der Waals surface area contributed by atoms with E-state index >= 15 is 0 Å². The number of amides is 1. The molecule has 2 aliphatic rings. The Morgan fingerprint density at radius 2 is 2.04 bits per heavy atom. The smallest absolute Gasteiger partial charge is 0.272 e. The lowest BCUT2D eigenvalue weighted by atomic mass is 9.97. The minimum absolute atomic E-state index is 0.146. The first-order chi connectivity index (χ1) is 11.2. The Balaban J connectivity index is 0.000000924. The molecule has 23 heavy (non-hydrogen) atoms. The summed E-state index contributed by atoms with van der Waals surface area (Å²) in [5.74, 6) is 0.660. The average Bonchev–Trinajstić information content (AvgIpc) is 2.98. The van der Waals surface area contributed by atoms with Crippen molar-refractivity contribution < 1.29 is 9.18 Å². The van der Waals surface area contributed by atoms with Gasteiger partial charge < -0.3 is 4.90 Å². The molecule has 1 amide bonds. The van der Waals surface area contributed by atoms with Crippen LogP contribution in [0.1, 0.15) is 49.8 Å². The normalized spacial score (nSPS) is 21.6. The Bertz CT molecular complexity index is 517. The second kappa shape index (κ2) is 8.39. The molecule has 3 heterocycles. The second-order valence-electron chi connectivity index (χ2n) is 6.12. The summed E-state index contributed by atoms with van der Waals surface area (Å²) in [6.07, 6.45) is 0.781. The van der Waals surface area contributed by atoms with Crippen LogP contribution in [0.2, 0.25) is 0 Å². The number of likely N-dealkylation sites (tertiary alicyclic amines) is 2. The summed E-state index contributed by atoms with van der Waals surface area (Å²) in [4.78, 5) is 20.7. The van der Waals surface area contributed by atoms with E-state index in [1.807, 2.05) is 26.0 Å². The first-order valence-corrected chi connectivity index (χ1v) is 8.77. The third-order valence-electron chi connectivity index (χ3n) is 4.44. The van der Waals surface area contributed by atoms with Crippen LogP contribution in [-0.4, -0.2) is 53.0 Å². The van der Waals surface area contributed by atoms with Crippen LogP contribution in [0.25, 0.3) is 0 Å². The number of aromatic nitrogens is 1. The van der Waals surface area contributed by atoms with E-state index in [1.165, 1.54) is 6.42 Å². The monoisotopic (exact) mass is 321 g/mol. The van der Waals surface area contributed by atoms with E-state index in [0.717, 1.165) is 31.2 Å². The summed E-state index contributed by atoms with van der Waals surface area (Å²) < 4.78 is 13.2. The summed E-state index contributed by atoms with van der Waals surface area (Å²) in [5, 5.41) is 0. The fourth-order valence-corrected chi connectivity index (χ4v) is 3.04. The van der Waals surface area contributed by atoms with Crippen molar-refractivity contribution in [2.24, 2.45) is 5.92 Å². The van der Waals surface area contributed by atoms with E-state index < -0.39 is 6.17 Å². The van der Waals surface area contributed by atoms with Crippen LogP contribution >= 0.6 is 0 Å². The number of pyridine rings is 1. The largest absolute Gasteiger partial charge is 0.334 e. The topological polar surface area (TPSA) is 36.4 Å². The first-order valence-electron chi connectivity index (χ1n) is 8.77. The zero-order valence-corrected chi connectivity index (χ0v) is 14.5. The van der Waals surface area contributed by atoms with Gasteiger partial charge in [0, 0.05) is 26.2 Å². The van der Waals surface area contributed by atoms with Crippen LogP contribution in [0.15, 0.2) is 18.2 Å². The molecule has 0 N–H and O–H groups in total. The molecule has 2 aliphatic heterocycles. The van der Waals surface area contributed by atoms with Gasteiger partial charge in [0.25, 0.3) is 5.91 Å². The fourth-order valence-electron chi connectivity index (χ4n) is 3.04. The van der Waals surface area contributed by atoms with Gasteiger partial charge in [0.2, 0.25) is 0 Å². The van der Waals surface area contributed by atoms with E-state index in [1.54, 1.807) is 11.0 Å². The van der Waals surface area contributed by atoms with Gasteiger partial charge in [0.05, 0.1) is 12.2 Å². The van der Waals surface area contributed by atoms with Crippen LogP contribution in [0.5, 0.6) is 0 Å². The van der Waals surface area contributed by atoms with Gasteiger partial charge in [-0.2, -0.15) is 0 Å². The van der Waals surface area contributed by atoms with Gasteiger partial charge in [0.1, 0.15) is 11.9 Å². The van der Waals surface area contributed by atoms with Crippen molar-refractivity contribution in [1.82, 2.24) is 14.8 Å². The van der Waals surface area contributed by atoms with Crippen molar-refractivity contribution in [1.29, 1.82) is 0 Å². The highest BCUT2D eigenvalue weighted by Crippen LogP contribution is 2.21. The maximum absolute atomic E-state index is 13.2. The molecule has 0 aromatic carbocycles. The van der Waals surface area contributed by atoms with E-state index in [-0.39, 0.29) is 12.5 Å². The molecular formula is C18H28FN3O. The molecule has 2 saturated heterocycles. The zero-order valence-electron chi connectivity index (χ0n) is 14.5. The first kappa shape index (κ1) is 17.9. The van der Waals surface area contributed by atoms with Gasteiger partial charge in [-0.25, -0.2) is 9.37 Å². The van der Waals surface area contributed by atoms with Crippen LogP contribution < -0.4 is 0 Å². The van der Waals surface area contributed by atoms with E-state index in [9.17, 15) is 9.18 Å². The van der Waals surface area contributed by atoms with Crippen molar-refractivity contribution in [2.75, 3.05) is 26.2 Å². The Morgan fingerprint density at radius 3 is 2.65 bits per heavy atom. The number of hydrogen-bond donors (Lipinski definition) is 0. The van der Waals surface area contributed by atoms with E-state index in [2.05, 4.69) is 16.8 Å². The minimum atomic E-state index is -0.885. The summed E-state index contributed by atoms with van der Waals surface area (Å²) in [6.45, 7) is 9.94. The number of rotatable bonds is 4. The molecule has 1 atom stereocenters. The fraction of sp³-hybridized carbons (Fsp3) is 0.667. The van der Waals surface area contributed by atoms with Crippen molar-refractivity contribution in [3.05, 3.63) is 29.6 Å². The number of alkyl halides is 1. The molecule has 0 saturated carbocycles. The summed E-state index contributed by atoms with van der Waals surface area (Å²) in [5.41, 5.74) is 1.36.